The third-order valence-electron chi connectivity index (χ3n) is 6.82. The number of rotatable bonds is 8. The Morgan fingerprint density at radius 3 is 2.36 bits per heavy atom. The van der Waals surface area contributed by atoms with Crippen LogP contribution in [0, 0.1) is 11.3 Å². The molecule has 0 radical (unpaired) electrons. The number of carbonyl (C=O) groups excluding carboxylic acids is 1. The SMILES string of the molecule is COc1cc(C=C(C#N)C(=O)Nc2ccc(Cl)cc2)ccc1Oc1nc2c(c(=O)n(C)c(=O)n2C)n1Cc1ccc(Cl)cc1Cl. The molecule has 0 spiro atoms. The van der Waals surface area contributed by atoms with Gasteiger partial charge in [-0.2, -0.15) is 10.2 Å². The maximum Gasteiger partial charge on any atom is 0.332 e. The smallest absolute Gasteiger partial charge is 0.332 e. The van der Waals surface area contributed by atoms with Crippen LogP contribution in [-0.4, -0.2) is 31.7 Å². The summed E-state index contributed by atoms with van der Waals surface area (Å²) in [6, 6.07) is 18.1. The maximum atomic E-state index is 13.3. The number of nitrogens with one attached hydrogen (secondary N) is 1. The van der Waals surface area contributed by atoms with Crippen LogP contribution in [0.15, 0.2) is 75.8 Å². The van der Waals surface area contributed by atoms with Crippen LogP contribution in [0.3, 0.4) is 0 Å². The predicted octanol–water partition coefficient (Wildman–Crippen LogP) is 5.79. The third kappa shape index (κ3) is 6.44. The second kappa shape index (κ2) is 12.9. The molecule has 0 bridgehead atoms. The number of carbonyl (C=O) groups is 1. The molecule has 228 valence electrons. The van der Waals surface area contributed by atoms with E-state index in [-0.39, 0.29) is 40.8 Å². The predicted molar refractivity (Wildman–Crippen MR) is 173 cm³/mol. The van der Waals surface area contributed by atoms with Crippen molar-refractivity contribution in [3.8, 4) is 23.6 Å². The zero-order valence-electron chi connectivity index (χ0n) is 24.0. The van der Waals surface area contributed by atoms with Gasteiger partial charge < -0.3 is 14.8 Å². The Morgan fingerprint density at radius 2 is 1.69 bits per heavy atom. The van der Waals surface area contributed by atoms with Crippen LogP contribution >= 0.6 is 34.8 Å². The molecule has 0 saturated carbocycles. The molecule has 0 atom stereocenters. The lowest BCUT2D eigenvalue weighted by Gasteiger charge is -2.13. The third-order valence-corrected chi connectivity index (χ3v) is 7.66. The molecule has 14 heteroatoms. The van der Waals surface area contributed by atoms with Crippen molar-refractivity contribution in [1.29, 1.82) is 5.26 Å². The summed E-state index contributed by atoms with van der Waals surface area (Å²) in [5.74, 6) is -0.163. The van der Waals surface area contributed by atoms with Crippen LogP contribution in [0.1, 0.15) is 11.1 Å². The summed E-state index contributed by atoms with van der Waals surface area (Å²) in [5, 5.41) is 13.6. The van der Waals surface area contributed by atoms with Crippen molar-refractivity contribution >= 4 is 63.6 Å². The molecule has 1 N–H and O–H groups in total. The van der Waals surface area contributed by atoms with E-state index in [1.165, 1.54) is 36.4 Å². The quantitative estimate of drug-likeness (QED) is 0.164. The number of hydrogen-bond acceptors (Lipinski definition) is 7. The molecule has 5 rings (SSSR count). The molecular formula is C31H23Cl3N6O5. The summed E-state index contributed by atoms with van der Waals surface area (Å²) in [6.07, 6.45) is 1.40. The van der Waals surface area contributed by atoms with Gasteiger partial charge in [0.15, 0.2) is 22.7 Å². The molecule has 45 heavy (non-hydrogen) atoms. The minimum absolute atomic E-state index is 0.0176. The van der Waals surface area contributed by atoms with Gasteiger partial charge in [0.25, 0.3) is 11.5 Å². The Bertz CT molecular complexity index is 2160. The fourth-order valence-electron chi connectivity index (χ4n) is 4.47. The van der Waals surface area contributed by atoms with Gasteiger partial charge in [-0.1, -0.05) is 46.9 Å². The minimum atomic E-state index is -0.610. The van der Waals surface area contributed by atoms with Crippen molar-refractivity contribution in [3.63, 3.8) is 0 Å². The van der Waals surface area contributed by atoms with Crippen molar-refractivity contribution in [2.75, 3.05) is 12.4 Å². The summed E-state index contributed by atoms with van der Waals surface area (Å²) < 4.78 is 15.5. The average molecular weight is 666 g/mol. The molecule has 0 saturated heterocycles. The minimum Gasteiger partial charge on any atom is -0.493 e. The zero-order valence-corrected chi connectivity index (χ0v) is 26.2. The van der Waals surface area contributed by atoms with E-state index in [1.54, 1.807) is 60.7 Å². The number of imidazole rings is 1. The Hall–Kier alpha value is -5.02. The van der Waals surface area contributed by atoms with Crippen LogP contribution in [0.4, 0.5) is 5.69 Å². The second-order valence-corrected chi connectivity index (χ2v) is 11.0. The Kier molecular flexibility index (Phi) is 9.01. The van der Waals surface area contributed by atoms with Gasteiger partial charge in [0.05, 0.1) is 13.7 Å². The molecule has 5 aromatic rings. The first-order valence-corrected chi connectivity index (χ1v) is 14.3. The summed E-state index contributed by atoms with van der Waals surface area (Å²) in [6.45, 7) is 0.0622. The number of hydrogen-bond donors (Lipinski definition) is 1. The number of amides is 1. The lowest BCUT2D eigenvalue weighted by Crippen LogP contribution is -2.37. The molecular weight excluding hydrogens is 643 g/mol. The van der Waals surface area contributed by atoms with E-state index in [9.17, 15) is 19.6 Å². The molecule has 0 fully saturated rings. The lowest BCUT2D eigenvalue weighted by molar-refractivity contribution is -0.112. The topological polar surface area (TPSA) is 133 Å². The van der Waals surface area contributed by atoms with Crippen molar-refractivity contribution in [2.24, 2.45) is 14.1 Å². The van der Waals surface area contributed by atoms with Gasteiger partial charge in [0.1, 0.15) is 11.6 Å². The second-order valence-electron chi connectivity index (χ2n) is 9.74. The van der Waals surface area contributed by atoms with E-state index in [0.717, 1.165) is 4.57 Å². The summed E-state index contributed by atoms with van der Waals surface area (Å²) in [7, 11) is 4.29. The average Bonchev–Trinajstić information content (AvgIpc) is 3.38. The lowest BCUT2D eigenvalue weighted by atomic mass is 10.1. The molecule has 2 aromatic heterocycles. The first-order chi connectivity index (χ1) is 21.5. The number of nitriles is 1. The Morgan fingerprint density at radius 1 is 0.978 bits per heavy atom. The van der Waals surface area contributed by atoms with Gasteiger partial charge in [0.2, 0.25) is 0 Å². The van der Waals surface area contributed by atoms with Crippen molar-refractivity contribution in [2.45, 2.75) is 6.54 Å². The molecule has 2 heterocycles. The van der Waals surface area contributed by atoms with Crippen molar-refractivity contribution < 1.29 is 14.3 Å². The first-order valence-electron chi connectivity index (χ1n) is 13.2. The van der Waals surface area contributed by atoms with Crippen LogP contribution in [0.25, 0.3) is 17.2 Å². The highest BCUT2D eigenvalue weighted by Crippen LogP contribution is 2.34. The van der Waals surface area contributed by atoms with E-state index >= 15 is 0 Å². The monoisotopic (exact) mass is 664 g/mol. The molecule has 0 aliphatic carbocycles. The maximum absolute atomic E-state index is 13.3. The van der Waals surface area contributed by atoms with Gasteiger partial charge >= 0.3 is 11.7 Å². The number of ether oxygens (including phenoxy) is 2. The number of fused-ring (bicyclic) bond motifs is 1. The normalized spacial score (nSPS) is 11.4. The summed E-state index contributed by atoms with van der Waals surface area (Å²) in [4.78, 5) is 43.2. The highest BCUT2D eigenvalue weighted by Gasteiger charge is 2.23. The van der Waals surface area contributed by atoms with Crippen LogP contribution in [0.5, 0.6) is 17.5 Å². The van der Waals surface area contributed by atoms with Gasteiger partial charge in [-0.3, -0.25) is 23.3 Å². The van der Waals surface area contributed by atoms with E-state index in [2.05, 4.69) is 10.3 Å². The molecule has 1 amide bonds. The van der Waals surface area contributed by atoms with Crippen LogP contribution in [-0.2, 0) is 25.4 Å². The first kappa shape index (κ1) is 31.4. The zero-order chi connectivity index (χ0) is 32.4. The number of benzene rings is 3. The van der Waals surface area contributed by atoms with Crippen molar-refractivity contribution in [3.05, 3.63) is 113 Å². The number of aryl methyl sites for hydroxylation is 1. The fraction of sp³-hybridized carbons (Fsp3) is 0.129. The number of aromatic nitrogens is 4. The summed E-state index contributed by atoms with van der Waals surface area (Å²) in [5.41, 5.74) is 0.496. The van der Waals surface area contributed by atoms with Gasteiger partial charge in [-0.15, -0.1) is 0 Å². The molecule has 0 aliphatic rings. The van der Waals surface area contributed by atoms with E-state index < -0.39 is 17.2 Å². The van der Waals surface area contributed by atoms with E-state index in [1.807, 2.05) is 6.07 Å². The van der Waals surface area contributed by atoms with E-state index in [4.69, 9.17) is 44.3 Å². The Balaban J connectivity index is 1.54. The standard InChI is InChI=1S/C31H23Cl3N6O5/c1-38-27-26(29(42)39(2)31(38)43)40(16-18-5-6-21(33)14-23(18)34)30(37-27)45-24-11-4-17(13-25(24)44-3)12-19(15-35)28(41)36-22-9-7-20(32)8-10-22/h4-14H,16H2,1-3H3,(H,36,41). The van der Waals surface area contributed by atoms with Crippen molar-refractivity contribution in [1.82, 2.24) is 18.7 Å². The number of methoxy groups -OCH3 is 1. The van der Waals surface area contributed by atoms with Crippen LogP contribution in [0.2, 0.25) is 15.1 Å². The molecule has 0 unspecified atom stereocenters. The highest BCUT2D eigenvalue weighted by atomic mass is 35.5. The fourth-order valence-corrected chi connectivity index (χ4v) is 5.07. The largest absolute Gasteiger partial charge is 0.493 e. The van der Waals surface area contributed by atoms with Crippen LogP contribution < -0.4 is 26.0 Å². The number of halogens is 3. The summed E-state index contributed by atoms with van der Waals surface area (Å²) >= 11 is 18.4. The highest BCUT2D eigenvalue weighted by molar-refractivity contribution is 6.35. The molecule has 3 aromatic carbocycles. The molecule has 0 aliphatic heterocycles. The van der Waals surface area contributed by atoms with Gasteiger partial charge in [0, 0.05) is 34.9 Å². The van der Waals surface area contributed by atoms with Gasteiger partial charge in [-0.25, -0.2) is 4.79 Å². The molecule has 11 nitrogen and oxygen atoms in total. The number of nitrogens with zero attached hydrogens (tertiary/aromatic N) is 5. The van der Waals surface area contributed by atoms with E-state index in [0.29, 0.717) is 31.9 Å². The van der Waals surface area contributed by atoms with Gasteiger partial charge in [-0.05, 0) is 65.7 Å². The Labute approximate surface area is 271 Å². The number of anilines is 1.